The Morgan fingerprint density at radius 2 is 1.00 bits per heavy atom. The Hall–Kier alpha value is -1.85. The maximum atomic E-state index is 10.5. The molecule has 0 radical (unpaired) electrons. The molecular formula is C18H18MgO4. The summed E-state index contributed by atoms with van der Waals surface area (Å²) in [7, 11) is 0. The van der Waals surface area contributed by atoms with Crippen LogP contribution in [0.15, 0.2) is 36.4 Å². The van der Waals surface area contributed by atoms with Gasteiger partial charge in [-0.05, 0) is 49.9 Å². The first kappa shape index (κ1) is 21.1. The van der Waals surface area contributed by atoms with Crippen LogP contribution in [0.3, 0.4) is 0 Å². The van der Waals surface area contributed by atoms with Gasteiger partial charge in [-0.1, -0.05) is 36.4 Å². The third-order valence-corrected chi connectivity index (χ3v) is 3.65. The van der Waals surface area contributed by atoms with Gasteiger partial charge in [-0.3, -0.25) is 0 Å². The average molecular weight is 323 g/mol. The van der Waals surface area contributed by atoms with Crippen LogP contribution in [0.2, 0.25) is 0 Å². The fourth-order valence-corrected chi connectivity index (χ4v) is 1.94. The van der Waals surface area contributed by atoms with Crippen LogP contribution in [0.25, 0.3) is 0 Å². The third-order valence-electron chi connectivity index (χ3n) is 3.65. The minimum Gasteiger partial charge on any atom is -0.545 e. The predicted octanol–water partition coefficient (Wildman–Crippen LogP) is 0.953. The van der Waals surface area contributed by atoms with Crippen molar-refractivity contribution in [1.29, 1.82) is 0 Å². The Kier molecular flexibility index (Phi) is 8.57. The van der Waals surface area contributed by atoms with Gasteiger partial charge in [-0.2, -0.15) is 0 Å². The van der Waals surface area contributed by atoms with Crippen molar-refractivity contribution in [2.24, 2.45) is 0 Å². The van der Waals surface area contributed by atoms with E-state index in [4.69, 9.17) is 0 Å². The zero-order valence-electron chi connectivity index (χ0n) is 13.8. The van der Waals surface area contributed by atoms with Crippen molar-refractivity contribution in [3.8, 4) is 0 Å². The summed E-state index contributed by atoms with van der Waals surface area (Å²) in [6.07, 6.45) is 0. The maximum absolute atomic E-state index is 10.5. The van der Waals surface area contributed by atoms with Gasteiger partial charge in [-0.15, -0.1) is 0 Å². The Morgan fingerprint density at radius 3 is 1.22 bits per heavy atom. The second kappa shape index (κ2) is 9.32. The van der Waals surface area contributed by atoms with Gasteiger partial charge in [-0.25, -0.2) is 0 Å². The molecule has 0 unspecified atom stereocenters. The van der Waals surface area contributed by atoms with Crippen LogP contribution in [0.4, 0.5) is 0 Å². The Morgan fingerprint density at radius 1 is 0.696 bits per heavy atom. The Balaban J connectivity index is 0.000000403. The molecule has 0 atom stereocenters. The summed E-state index contributed by atoms with van der Waals surface area (Å²) in [4.78, 5) is 20.9. The maximum Gasteiger partial charge on any atom is 2.00 e. The van der Waals surface area contributed by atoms with E-state index in [1.165, 1.54) is 0 Å². The normalized spacial score (nSPS) is 9.22. The molecule has 0 aliphatic heterocycles. The molecule has 0 heterocycles. The molecule has 0 spiro atoms. The summed E-state index contributed by atoms with van der Waals surface area (Å²) in [5.41, 5.74) is 4.09. The van der Waals surface area contributed by atoms with E-state index in [9.17, 15) is 19.8 Å². The molecule has 2 rings (SSSR count). The Bertz CT molecular complexity index is 647. The molecule has 0 amide bonds. The molecule has 0 saturated heterocycles. The van der Waals surface area contributed by atoms with E-state index in [-0.39, 0.29) is 34.2 Å². The molecular weight excluding hydrogens is 304 g/mol. The molecule has 23 heavy (non-hydrogen) atoms. The number of benzene rings is 2. The zero-order valence-corrected chi connectivity index (χ0v) is 15.2. The monoisotopic (exact) mass is 322 g/mol. The number of carbonyl (C=O) groups excluding carboxylic acids is 2. The number of hydrogen-bond donors (Lipinski definition) is 0. The third kappa shape index (κ3) is 5.69. The van der Waals surface area contributed by atoms with Crippen LogP contribution in [0, 0.1) is 27.7 Å². The largest absolute Gasteiger partial charge is 2.00 e. The molecule has 0 aromatic heterocycles. The molecule has 0 bridgehead atoms. The number of carbonyl (C=O) groups is 2. The fraction of sp³-hybridized carbons (Fsp3) is 0.222. The van der Waals surface area contributed by atoms with Crippen molar-refractivity contribution in [1.82, 2.24) is 0 Å². The molecule has 0 fully saturated rings. The molecule has 0 aliphatic carbocycles. The van der Waals surface area contributed by atoms with Crippen molar-refractivity contribution >= 4 is 35.0 Å². The molecule has 116 valence electrons. The first-order valence-corrected chi connectivity index (χ1v) is 6.80. The van der Waals surface area contributed by atoms with E-state index < -0.39 is 11.9 Å². The number of carboxylic acids is 2. The van der Waals surface area contributed by atoms with E-state index in [0.29, 0.717) is 0 Å². The number of aryl methyl sites for hydroxylation is 2. The fourth-order valence-electron chi connectivity index (χ4n) is 1.94. The first-order chi connectivity index (χ1) is 10.3. The van der Waals surface area contributed by atoms with Gasteiger partial charge >= 0.3 is 23.1 Å². The number of hydrogen-bond acceptors (Lipinski definition) is 4. The van der Waals surface area contributed by atoms with Crippen LogP contribution in [0.1, 0.15) is 43.0 Å². The van der Waals surface area contributed by atoms with Gasteiger partial charge in [0, 0.05) is 11.1 Å². The van der Waals surface area contributed by atoms with Crippen molar-refractivity contribution in [2.75, 3.05) is 0 Å². The number of rotatable bonds is 2. The molecule has 0 N–H and O–H groups in total. The minimum absolute atomic E-state index is 0. The SMILES string of the molecule is Cc1cccc(C(=O)[O-])c1C.Cc1cccc(C(=O)[O-])c1C.[Mg+2]. The average Bonchev–Trinajstić information content (AvgIpc) is 2.45. The van der Waals surface area contributed by atoms with E-state index in [0.717, 1.165) is 22.3 Å². The smallest absolute Gasteiger partial charge is 0.545 e. The summed E-state index contributed by atoms with van der Waals surface area (Å²) >= 11 is 0. The van der Waals surface area contributed by atoms with E-state index in [2.05, 4.69) is 0 Å². The minimum atomic E-state index is -1.11. The number of aromatic carboxylic acids is 2. The van der Waals surface area contributed by atoms with Gasteiger partial charge in [0.25, 0.3) is 0 Å². The molecule has 0 aliphatic rings. The van der Waals surface area contributed by atoms with E-state index >= 15 is 0 Å². The van der Waals surface area contributed by atoms with Gasteiger partial charge in [0.1, 0.15) is 0 Å². The summed E-state index contributed by atoms with van der Waals surface area (Å²) in [5.74, 6) is -2.21. The quantitative estimate of drug-likeness (QED) is 0.771. The van der Waals surface area contributed by atoms with Gasteiger partial charge < -0.3 is 19.8 Å². The van der Waals surface area contributed by atoms with Gasteiger partial charge in [0.15, 0.2) is 0 Å². The van der Waals surface area contributed by atoms with Crippen LogP contribution < -0.4 is 10.2 Å². The summed E-state index contributed by atoms with van der Waals surface area (Å²) in [5, 5.41) is 20.9. The number of carboxylic acid groups (broad SMARTS) is 2. The van der Waals surface area contributed by atoms with Crippen molar-refractivity contribution in [3.63, 3.8) is 0 Å². The van der Waals surface area contributed by atoms with Crippen LogP contribution >= 0.6 is 0 Å². The molecule has 2 aromatic rings. The Labute approximate surface area is 152 Å². The molecule has 5 heteroatoms. The van der Waals surface area contributed by atoms with Gasteiger partial charge in [0.2, 0.25) is 0 Å². The van der Waals surface area contributed by atoms with Crippen molar-refractivity contribution < 1.29 is 19.8 Å². The summed E-state index contributed by atoms with van der Waals surface area (Å²) < 4.78 is 0. The molecule has 4 nitrogen and oxygen atoms in total. The topological polar surface area (TPSA) is 80.3 Å². The van der Waals surface area contributed by atoms with Crippen LogP contribution in [-0.2, 0) is 0 Å². The standard InChI is InChI=1S/2C9H10O2.Mg/c2*1-6-4-3-5-8(7(6)2)9(10)11;/h2*3-5H,1-2H3,(H,10,11);/q;;+2/p-2. The summed E-state index contributed by atoms with van der Waals surface area (Å²) in [6, 6.07) is 10.3. The summed E-state index contributed by atoms with van der Waals surface area (Å²) in [6.45, 7) is 7.31. The van der Waals surface area contributed by atoms with Crippen molar-refractivity contribution in [3.05, 3.63) is 69.8 Å². The molecule has 2 aromatic carbocycles. The van der Waals surface area contributed by atoms with E-state index in [1.807, 2.05) is 26.0 Å². The first-order valence-electron chi connectivity index (χ1n) is 6.80. The second-order valence-corrected chi connectivity index (χ2v) is 5.07. The predicted molar refractivity (Wildman–Crippen MR) is 86.2 cm³/mol. The zero-order chi connectivity index (χ0) is 16.9. The van der Waals surface area contributed by atoms with Crippen LogP contribution in [0.5, 0.6) is 0 Å². The van der Waals surface area contributed by atoms with Crippen molar-refractivity contribution in [2.45, 2.75) is 27.7 Å². The van der Waals surface area contributed by atoms with Crippen LogP contribution in [-0.4, -0.2) is 35.0 Å². The second-order valence-electron chi connectivity index (χ2n) is 5.07. The van der Waals surface area contributed by atoms with Gasteiger partial charge in [0.05, 0.1) is 11.9 Å². The van der Waals surface area contributed by atoms with E-state index in [1.54, 1.807) is 38.1 Å². The molecule has 0 saturated carbocycles.